The predicted molar refractivity (Wildman–Crippen MR) is 60.8 cm³/mol. The number of hydrogen-bond acceptors (Lipinski definition) is 2. The second kappa shape index (κ2) is 4.03. The van der Waals surface area contributed by atoms with Gasteiger partial charge in [-0.25, -0.2) is 0 Å². The molecule has 1 aliphatic heterocycles. The van der Waals surface area contributed by atoms with Crippen LogP contribution < -0.4 is 10.6 Å². The van der Waals surface area contributed by atoms with Gasteiger partial charge in [0, 0.05) is 5.69 Å². The van der Waals surface area contributed by atoms with E-state index in [-0.39, 0.29) is 11.9 Å². The van der Waals surface area contributed by atoms with Crippen LogP contribution in [0.4, 0.5) is 5.69 Å². The fourth-order valence-electron chi connectivity index (χ4n) is 1.92. The molecule has 1 atom stereocenters. The standard InChI is InChI=1S/C12H16N2O/c1-2-5-9-6-3-4-7-11(9)14-8-10(13)12(14)15/h3-4,6-7,10H,2,5,8,13H2,1H3. The minimum atomic E-state index is -0.292. The predicted octanol–water partition coefficient (Wildman–Crippen LogP) is 1.31. The molecule has 1 aromatic carbocycles. The summed E-state index contributed by atoms with van der Waals surface area (Å²) < 4.78 is 0. The highest BCUT2D eigenvalue weighted by molar-refractivity contribution is 6.04. The largest absolute Gasteiger partial charge is 0.318 e. The molecule has 0 saturated carbocycles. The van der Waals surface area contributed by atoms with Crippen LogP contribution in [0.5, 0.6) is 0 Å². The van der Waals surface area contributed by atoms with Crippen LogP contribution in [0.25, 0.3) is 0 Å². The highest BCUT2D eigenvalue weighted by Crippen LogP contribution is 2.26. The lowest BCUT2D eigenvalue weighted by Crippen LogP contribution is -2.61. The van der Waals surface area contributed by atoms with E-state index in [9.17, 15) is 4.79 Å². The van der Waals surface area contributed by atoms with Gasteiger partial charge in [0.05, 0.1) is 6.54 Å². The number of carbonyl (C=O) groups is 1. The molecule has 1 heterocycles. The Hall–Kier alpha value is -1.35. The molecule has 0 aromatic heterocycles. The number of amides is 1. The van der Waals surface area contributed by atoms with Crippen molar-refractivity contribution in [2.75, 3.05) is 11.4 Å². The highest BCUT2D eigenvalue weighted by atomic mass is 16.2. The molecular formula is C12H16N2O. The Morgan fingerprint density at radius 3 is 2.80 bits per heavy atom. The third-order valence-corrected chi connectivity index (χ3v) is 2.76. The number of aryl methyl sites for hydroxylation is 1. The minimum absolute atomic E-state index is 0.0403. The maximum Gasteiger partial charge on any atom is 0.245 e. The van der Waals surface area contributed by atoms with Crippen molar-refractivity contribution in [2.45, 2.75) is 25.8 Å². The van der Waals surface area contributed by atoms with Gasteiger partial charge < -0.3 is 10.6 Å². The molecule has 2 rings (SSSR count). The molecule has 1 aromatic rings. The van der Waals surface area contributed by atoms with E-state index in [1.807, 2.05) is 18.2 Å². The molecule has 0 radical (unpaired) electrons. The summed E-state index contributed by atoms with van der Waals surface area (Å²) in [4.78, 5) is 13.3. The molecule has 15 heavy (non-hydrogen) atoms. The number of anilines is 1. The van der Waals surface area contributed by atoms with Gasteiger partial charge in [-0.1, -0.05) is 31.5 Å². The van der Waals surface area contributed by atoms with E-state index in [1.165, 1.54) is 5.56 Å². The Bertz CT molecular complexity index is 376. The van der Waals surface area contributed by atoms with Crippen LogP contribution in [-0.2, 0) is 11.2 Å². The van der Waals surface area contributed by atoms with Gasteiger partial charge in [-0.3, -0.25) is 4.79 Å². The molecule has 0 spiro atoms. The third-order valence-electron chi connectivity index (χ3n) is 2.76. The zero-order valence-electron chi connectivity index (χ0n) is 8.94. The van der Waals surface area contributed by atoms with Crippen molar-refractivity contribution in [2.24, 2.45) is 5.73 Å². The van der Waals surface area contributed by atoms with E-state index >= 15 is 0 Å². The Morgan fingerprint density at radius 1 is 1.47 bits per heavy atom. The molecule has 1 unspecified atom stereocenters. The van der Waals surface area contributed by atoms with Crippen LogP contribution in [0.1, 0.15) is 18.9 Å². The summed E-state index contributed by atoms with van der Waals surface area (Å²) in [7, 11) is 0. The normalized spacial score (nSPS) is 20.3. The first-order valence-corrected chi connectivity index (χ1v) is 5.39. The monoisotopic (exact) mass is 204 g/mol. The minimum Gasteiger partial charge on any atom is -0.318 e. The molecule has 80 valence electrons. The van der Waals surface area contributed by atoms with Crippen molar-refractivity contribution in [3.05, 3.63) is 29.8 Å². The summed E-state index contributed by atoms with van der Waals surface area (Å²) in [5, 5.41) is 0. The van der Waals surface area contributed by atoms with E-state index in [4.69, 9.17) is 5.73 Å². The number of hydrogen-bond donors (Lipinski definition) is 1. The summed E-state index contributed by atoms with van der Waals surface area (Å²) in [6.07, 6.45) is 2.10. The summed E-state index contributed by atoms with van der Waals surface area (Å²) >= 11 is 0. The molecule has 1 aliphatic rings. The van der Waals surface area contributed by atoms with Crippen LogP contribution >= 0.6 is 0 Å². The maximum atomic E-state index is 11.5. The van der Waals surface area contributed by atoms with E-state index in [0.717, 1.165) is 18.5 Å². The fourth-order valence-corrected chi connectivity index (χ4v) is 1.92. The molecular weight excluding hydrogens is 188 g/mol. The van der Waals surface area contributed by atoms with Gasteiger partial charge in [0.2, 0.25) is 5.91 Å². The Labute approximate surface area is 89.9 Å². The molecule has 3 nitrogen and oxygen atoms in total. The van der Waals surface area contributed by atoms with Gasteiger partial charge in [0.1, 0.15) is 6.04 Å². The summed E-state index contributed by atoms with van der Waals surface area (Å²) in [6.45, 7) is 2.79. The summed E-state index contributed by atoms with van der Waals surface area (Å²) in [6, 6.07) is 7.76. The topological polar surface area (TPSA) is 46.3 Å². The average molecular weight is 204 g/mol. The zero-order valence-corrected chi connectivity index (χ0v) is 8.94. The van der Waals surface area contributed by atoms with Crippen molar-refractivity contribution >= 4 is 11.6 Å². The summed E-state index contributed by atoms with van der Waals surface area (Å²) in [5.41, 5.74) is 7.85. The van der Waals surface area contributed by atoms with Crippen LogP contribution in [0.3, 0.4) is 0 Å². The van der Waals surface area contributed by atoms with Crippen molar-refractivity contribution in [3.63, 3.8) is 0 Å². The first kappa shape index (κ1) is 10.2. The summed E-state index contributed by atoms with van der Waals surface area (Å²) in [5.74, 6) is 0.0403. The van der Waals surface area contributed by atoms with E-state index in [0.29, 0.717) is 6.54 Å². The molecule has 1 saturated heterocycles. The number of carbonyl (C=O) groups excluding carboxylic acids is 1. The van der Waals surface area contributed by atoms with Gasteiger partial charge in [0.25, 0.3) is 0 Å². The molecule has 1 fully saturated rings. The van der Waals surface area contributed by atoms with Gasteiger partial charge >= 0.3 is 0 Å². The van der Waals surface area contributed by atoms with E-state index in [1.54, 1.807) is 4.90 Å². The molecule has 1 amide bonds. The number of nitrogens with two attached hydrogens (primary N) is 1. The van der Waals surface area contributed by atoms with Crippen LogP contribution in [-0.4, -0.2) is 18.5 Å². The smallest absolute Gasteiger partial charge is 0.245 e. The number of β-lactam (4-membered cyclic amide) rings is 1. The third kappa shape index (κ3) is 1.75. The van der Waals surface area contributed by atoms with Crippen molar-refractivity contribution in [3.8, 4) is 0 Å². The quantitative estimate of drug-likeness (QED) is 0.755. The Balaban J connectivity index is 2.24. The SMILES string of the molecule is CCCc1ccccc1N1CC(N)C1=O. The van der Waals surface area contributed by atoms with E-state index in [2.05, 4.69) is 13.0 Å². The van der Waals surface area contributed by atoms with Gasteiger partial charge in [-0.15, -0.1) is 0 Å². The fraction of sp³-hybridized carbons (Fsp3) is 0.417. The van der Waals surface area contributed by atoms with Crippen LogP contribution in [0.2, 0.25) is 0 Å². The number of nitrogens with zero attached hydrogens (tertiary/aromatic N) is 1. The second-order valence-electron chi connectivity index (χ2n) is 3.93. The lowest BCUT2D eigenvalue weighted by Gasteiger charge is -2.37. The van der Waals surface area contributed by atoms with Crippen molar-refractivity contribution < 1.29 is 4.79 Å². The van der Waals surface area contributed by atoms with Gasteiger partial charge in [0.15, 0.2) is 0 Å². The van der Waals surface area contributed by atoms with E-state index < -0.39 is 0 Å². The first-order chi connectivity index (χ1) is 7.24. The van der Waals surface area contributed by atoms with Gasteiger partial charge in [-0.2, -0.15) is 0 Å². The second-order valence-corrected chi connectivity index (χ2v) is 3.93. The highest BCUT2D eigenvalue weighted by Gasteiger charge is 2.35. The molecule has 0 aliphatic carbocycles. The van der Waals surface area contributed by atoms with Crippen molar-refractivity contribution in [1.82, 2.24) is 0 Å². The molecule has 2 N–H and O–H groups in total. The average Bonchev–Trinajstić information content (AvgIpc) is 2.27. The van der Waals surface area contributed by atoms with Crippen LogP contribution in [0, 0.1) is 0 Å². The number of benzene rings is 1. The van der Waals surface area contributed by atoms with Crippen molar-refractivity contribution in [1.29, 1.82) is 0 Å². The lowest BCUT2D eigenvalue weighted by molar-refractivity contribution is -0.123. The Kier molecular flexibility index (Phi) is 2.73. The van der Waals surface area contributed by atoms with Crippen LogP contribution in [0.15, 0.2) is 24.3 Å². The number of rotatable bonds is 3. The maximum absolute atomic E-state index is 11.5. The Morgan fingerprint density at radius 2 is 2.20 bits per heavy atom. The lowest BCUT2D eigenvalue weighted by atomic mass is 10.0. The molecule has 0 bridgehead atoms. The molecule has 3 heteroatoms. The van der Waals surface area contributed by atoms with Gasteiger partial charge in [-0.05, 0) is 18.1 Å². The number of para-hydroxylation sites is 1. The first-order valence-electron chi connectivity index (χ1n) is 5.39. The zero-order chi connectivity index (χ0) is 10.8.